The maximum Gasteiger partial charge on any atom is 0.161 e. The van der Waals surface area contributed by atoms with Crippen LogP contribution in [-0.2, 0) is 0 Å². The summed E-state index contributed by atoms with van der Waals surface area (Å²) in [6.07, 6.45) is 2.39. The highest BCUT2D eigenvalue weighted by atomic mass is 35.5. The van der Waals surface area contributed by atoms with E-state index in [2.05, 4.69) is 35.3 Å². The van der Waals surface area contributed by atoms with Crippen LogP contribution in [-0.4, -0.2) is 44.3 Å². The van der Waals surface area contributed by atoms with Crippen LogP contribution in [0.15, 0.2) is 18.2 Å². The van der Waals surface area contributed by atoms with Crippen LogP contribution >= 0.6 is 24.8 Å². The van der Waals surface area contributed by atoms with Gasteiger partial charge >= 0.3 is 0 Å². The summed E-state index contributed by atoms with van der Waals surface area (Å²) >= 11 is 0. The molecule has 0 spiro atoms. The van der Waals surface area contributed by atoms with Crippen molar-refractivity contribution in [3.63, 3.8) is 0 Å². The molecule has 0 unspecified atom stereocenters. The van der Waals surface area contributed by atoms with E-state index in [0.29, 0.717) is 19.3 Å². The van der Waals surface area contributed by atoms with E-state index in [0.717, 1.165) is 37.7 Å². The molecule has 0 aromatic heterocycles. The number of benzene rings is 1. The van der Waals surface area contributed by atoms with Crippen LogP contribution in [0.3, 0.4) is 0 Å². The first kappa shape index (κ1) is 19.4. The summed E-state index contributed by atoms with van der Waals surface area (Å²) in [5.74, 6) is 1.79. The number of fused-ring (bicyclic) bond motifs is 1. The fourth-order valence-electron chi connectivity index (χ4n) is 3.09. The lowest BCUT2D eigenvalue weighted by Crippen LogP contribution is -2.45. The predicted octanol–water partition coefficient (Wildman–Crippen LogP) is 3.05. The van der Waals surface area contributed by atoms with E-state index in [1.807, 2.05) is 0 Å². The average Bonchev–Trinajstić information content (AvgIpc) is 2.53. The summed E-state index contributed by atoms with van der Waals surface area (Å²) in [4.78, 5) is 2.59. The third kappa shape index (κ3) is 4.42. The molecule has 3 rings (SSSR count). The Morgan fingerprint density at radius 1 is 1.09 bits per heavy atom. The average molecular weight is 349 g/mol. The Morgan fingerprint density at radius 2 is 1.77 bits per heavy atom. The molecule has 1 fully saturated rings. The SMILES string of the molecule is CCC[C@@H](c1ccc2c(c1)OCCO2)N1CCNCC1.Cl.Cl. The molecular formula is C16H26Cl2N2O2. The number of piperazine rings is 1. The molecule has 1 atom stereocenters. The van der Waals surface area contributed by atoms with Crippen molar-refractivity contribution < 1.29 is 9.47 Å². The molecule has 1 aromatic rings. The molecule has 0 amide bonds. The molecule has 0 saturated carbocycles. The van der Waals surface area contributed by atoms with Gasteiger partial charge in [-0.25, -0.2) is 0 Å². The van der Waals surface area contributed by atoms with Crippen LogP contribution < -0.4 is 14.8 Å². The van der Waals surface area contributed by atoms with Crippen molar-refractivity contribution in [1.82, 2.24) is 10.2 Å². The van der Waals surface area contributed by atoms with Crippen molar-refractivity contribution in [2.24, 2.45) is 0 Å². The van der Waals surface area contributed by atoms with Gasteiger partial charge in [-0.3, -0.25) is 4.90 Å². The van der Waals surface area contributed by atoms with Crippen molar-refractivity contribution in [2.45, 2.75) is 25.8 Å². The van der Waals surface area contributed by atoms with Crippen LogP contribution in [0, 0.1) is 0 Å². The molecule has 6 heteroatoms. The molecule has 1 aromatic carbocycles. The summed E-state index contributed by atoms with van der Waals surface area (Å²) in [6, 6.07) is 6.94. The minimum Gasteiger partial charge on any atom is -0.486 e. The second-order valence-corrected chi connectivity index (χ2v) is 5.49. The lowest BCUT2D eigenvalue weighted by molar-refractivity contribution is 0.159. The Bertz CT molecular complexity index is 454. The zero-order valence-corrected chi connectivity index (χ0v) is 14.7. The molecule has 4 nitrogen and oxygen atoms in total. The molecule has 126 valence electrons. The molecule has 2 aliphatic heterocycles. The third-order valence-corrected chi connectivity index (χ3v) is 4.11. The maximum absolute atomic E-state index is 5.72. The minimum absolute atomic E-state index is 0. The van der Waals surface area contributed by atoms with E-state index in [-0.39, 0.29) is 24.8 Å². The number of halogens is 2. The third-order valence-electron chi connectivity index (χ3n) is 4.11. The number of nitrogens with zero attached hydrogens (tertiary/aromatic N) is 1. The van der Waals surface area contributed by atoms with Gasteiger partial charge in [0.05, 0.1) is 0 Å². The second-order valence-electron chi connectivity index (χ2n) is 5.49. The fraction of sp³-hybridized carbons (Fsp3) is 0.625. The zero-order valence-electron chi connectivity index (χ0n) is 13.0. The largest absolute Gasteiger partial charge is 0.486 e. The van der Waals surface area contributed by atoms with E-state index in [1.54, 1.807) is 0 Å². The van der Waals surface area contributed by atoms with Gasteiger partial charge in [-0.2, -0.15) is 0 Å². The van der Waals surface area contributed by atoms with Crippen molar-refractivity contribution in [1.29, 1.82) is 0 Å². The highest BCUT2D eigenvalue weighted by Gasteiger charge is 2.23. The zero-order chi connectivity index (χ0) is 13.8. The molecule has 2 aliphatic rings. The normalized spacial score (nSPS) is 18.8. The van der Waals surface area contributed by atoms with E-state index < -0.39 is 0 Å². The van der Waals surface area contributed by atoms with Crippen LogP contribution in [0.1, 0.15) is 31.4 Å². The molecule has 1 N–H and O–H groups in total. The molecule has 0 aliphatic carbocycles. The van der Waals surface area contributed by atoms with Gasteiger partial charge in [0.2, 0.25) is 0 Å². The van der Waals surface area contributed by atoms with Crippen LogP contribution in [0.5, 0.6) is 11.5 Å². The van der Waals surface area contributed by atoms with Gasteiger partial charge in [-0.05, 0) is 24.1 Å². The van der Waals surface area contributed by atoms with Crippen LogP contribution in [0.4, 0.5) is 0 Å². The number of ether oxygens (including phenoxy) is 2. The molecule has 0 radical (unpaired) electrons. The van der Waals surface area contributed by atoms with Crippen molar-refractivity contribution in [2.75, 3.05) is 39.4 Å². The van der Waals surface area contributed by atoms with Gasteiger partial charge in [-0.1, -0.05) is 19.4 Å². The minimum atomic E-state index is 0. The number of hydrogen-bond donors (Lipinski definition) is 1. The maximum atomic E-state index is 5.72. The van der Waals surface area contributed by atoms with Crippen LogP contribution in [0.25, 0.3) is 0 Å². The van der Waals surface area contributed by atoms with Crippen LogP contribution in [0.2, 0.25) is 0 Å². The lowest BCUT2D eigenvalue weighted by atomic mass is 9.99. The quantitative estimate of drug-likeness (QED) is 0.906. The van der Waals surface area contributed by atoms with Gasteiger partial charge < -0.3 is 14.8 Å². The highest BCUT2D eigenvalue weighted by molar-refractivity contribution is 5.85. The van der Waals surface area contributed by atoms with Gasteiger partial charge in [0, 0.05) is 32.2 Å². The topological polar surface area (TPSA) is 33.7 Å². The first-order valence-electron chi connectivity index (χ1n) is 7.73. The first-order valence-corrected chi connectivity index (χ1v) is 7.73. The fourth-order valence-corrected chi connectivity index (χ4v) is 3.09. The van der Waals surface area contributed by atoms with Gasteiger partial charge in [0.1, 0.15) is 13.2 Å². The summed E-state index contributed by atoms with van der Waals surface area (Å²) in [5, 5.41) is 3.43. The van der Waals surface area contributed by atoms with E-state index in [9.17, 15) is 0 Å². The summed E-state index contributed by atoms with van der Waals surface area (Å²) in [7, 11) is 0. The lowest BCUT2D eigenvalue weighted by Gasteiger charge is -2.35. The monoisotopic (exact) mass is 348 g/mol. The Labute approximate surface area is 145 Å². The Morgan fingerprint density at radius 3 is 2.45 bits per heavy atom. The molecule has 2 heterocycles. The Hall–Kier alpha value is -0.680. The Balaban J connectivity index is 0.00000121. The smallest absolute Gasteiger partial charge is 0.161 e. The van der Waals surface area contributed by atoms with Gasteiger partial charge in [-0.15, -0.1) is 24.8 Å². The molecule has 0 bridgehead atoms. The molecule has 1 saturated heterocycles. The number of rotatable bonds is 4. The standard InChI is InChI=1S/C16H24N2O2.2ClH/c1-2-3-14(18-8-6-17-7-9-18)13-4-5-15-16(12-13)20-11-10-19-15;;/h4-5,12,14,17H,2-3,6-11H2,1H3;2*1H/t14-;;/m0../s1. The first-order chi connectivity index (χ1) is 9.88. The molecule has 22 heavy (non-hydrogen) atoms. The van der Waals surface area contributed by atoms with E-state index >= 15 is 0 Å². The summed E-state index contributed by atoms with van der Waals surface area (Å²) in [5.41, 5.74) is 1.36. The number of nitrogens with one attached hydrogen (secondary N) is 1. The van der Waals surface area contributed by atoms with Gasteiger partial charge in [0.25, 0.3) is 0 Å². The van der Waals surface area contributed by atoms with E-state index in [1.165, 1.54) is 18.4 Å². The summed E-state index contributed by atoms with van der Waals surface area (Å²) < 4.78 is 11.3. The Kier molecular flexibility index (Phi) is 8.33. The number of hydrogen-bond acceptors (Lipinski definition) is 4. The van der Waals surface area contributed by atoms with Crippen molar-refractivity contribution >= 4 is 24.8 Å². The highest BCUT2D eigenvalue weighted by Crippen LogP contribution is 2.35. The van der Waals surface area contributed by atoms with Gasteiger partial charge in [0.15, 0.2) is 11.5 Å². The van der Waals surface area contributed by atoms with Crippen molar-refractivity contribution in [3.8, 4) is 11.5 Å². The van der Waals surface area contributed by atoms with E-state index in [4.69, 9.17) is 9.47 Å². The summed E-state index contributed by atoms with van der Waals surface area (Å²) in [6.45, 7) is 7.99. The van der Waals surface area contributed by atoms with Crippen molar-refractivity contribution in [3.05, 3.63) is 23.8 Å². The second kappa shape index (κ2) is 9.46. The predicted molar refractivity (Wildman–Crippen MR) is 94.0 cm³/mol. The molecular weight excluding hydrogens is 323 g/mol.